The Balaban J connectivity index is 2.35. The van der Waals surface area contributed by atoms with Gasteiger partial charge in [-0.25, -0.2) is 0 Å². The molecule has 9 heteroatoms. The van der Waals surface area contributed by atoms with E-state index in [4.69, 9.17) is 18.9 Å². The van der Waals surface area contributed by atoms with Gasteiger partial charge in [-0.15, -0.1) is 0 Å². The summed E-state index contributed by atoms with van der Waals surface area (Å²) in [6, 6.07) is 0. The Morgan fingerprint density at radius 3 is 1.31 bits per heavy atom. The maximum atomic E-state index is 12.7. The molecule has 1 aliphatic rings. The number of ether oxygens (including phenoxy) is 4. The summed E-state index contributed by atoms with van der Waals surface area (Å²) in [6.07, 6.45) is 25.9. The van der Waals surface area contributed by atoms with E-state index in [1.54, 1.807) is 6.92 Å². The van der Waals surface area contributed by atoms with Gasteiger partial charge in [0, 0.05) is 12.8 Å². The van der Waals surface area contributed by atoms with Crippen LogP contribution in [0.2, 0.25) is 0 Å². The van der Waals surface area contributed by atoms with Crippen molar-refractivity contribution in [1.82, 2.24) is 0 Å². The van der Waals surface area contributed by atoms with Gasteiger partial charge in [0.1, 0.15) is 24.9 Å². The van der Waals surface area contributed by atoms with Crippen LogP contribution in [-0.2, 0) is 28.5 Å². The molecule has 0 radical (unpaired) electrons. The molecule has 0 spiro atoms. The molecule has 0 bridgehead atoms. The number of hydrogen-bond donors (Lipinski definition) is 3. The molecular formula is C42H80O9. The average Bonchev–Trinajstić information content (AvgIpc) is 3.13. The summed E-state index contributed by atoms with van der Waals surface area (Å²) in [5, 5.41) is 30.8. The minimum Gasteiger partial charge on any atom is -0.462 e. The van der Waals surface area contributed by atoms with Gasteiger partial charge < -0.3 is 34.3 Å². The van der Waals surface area contributed by atoms with E-state index in [9.17, 15) is 24.9 Å². The molecule has 0 aromatic rings. The molecule has 3 N–H and O–H groups in total. The van der Waals surface area contributed by atoms with Crippen molar-refractivity contribution in [2.24, 2.45) is 0 Å². The molecule has 6 atom stereocenters. The van der Waals surface area contributed by atoms with E-state index in [1.807, 2.05) is 0 Å². The molecule has 1 fully saturated rings. The summed E-state index contributed by atoms with van der Waals surface area (Å²) in [5.74, 6) is -0.722. The molecule has 9 nitrogen and oxygen atoms in total. The van der Waals surface area contributed by atoms with Crippen LogP contribution >= 0.6 is 0 Å². The zero-order valence-electron chi connectivity index (χ0n) is 33.2. The van der Waals surface area contributed by atoms with Crippen LogP contribution in [0.1, 0.15) is 207 Å². The highest BCUT2D eigenvalue weighted by Crippen LogP contribution is 2.24. The molecule has 0 amide bonds. The fourth-order valence-electron chi connectivity index (χ4n) is 6.79. The van der Waals surface area contributed by atoms with E-state index >= 15 is 0 Å². The molecule has 1 saturated heterocycles. The van der Waals surface area contributed by atoms with Gasteiger partial charge in [-0.3, -0.25) is 9.59 Å². The lowest BCUT2D eigenvalue weighted by Crippen LogP contribution is -2.58. The summed E-state index contributed by atoms with van der Waals surface area (Å²) in [5.41, 5.74) is 0. The number of rotatable bonds is 35. The molecule has 0 aliphatic carbocycles. The topological polar surface area (TPSA) is 132 Å². The van der Waals surface area contributed by atoms with Crippen LogP contribution in [0.3, 0.4) is 0 Å². The standard InChI is InChI=1S/C42H80O9/c1-4-7-9-11-13-15-17-19-21-23-25-27-29-31-37(43)48-33-35(34-49-42-41(47)40(46)39(45)36(6-3)51-42)50-38(44)32-30-28-26-24-22-20-18-16-14-12-10-8-5-2/h35-36,39-42,45-47H,4-34H2,1-3H3. The molecule has 302 valence electrons. The van der Waals surface area contributed by atoms with Crippen LogP contribution in [0.15, 0.2) is 0 Å². The van der Waals surface area contributed by atoms with Gasteiger partial charge in [0.15, 0.2) is 12.4 Å². The van der Waals surface area contributed by atoms with Gasteiger partial charge in [-0.2, -0.15) is 0 Å². The third kappa shape index (κ3) is 25.4. The minimum atomic E-state index is -1.47. The van der Waals surface area contributed by atoms with Crippen LogP contribution in [-0.4, -0.2) is 77.3 Å². The number of carbonyl (C=O) groups excluding carboxylic acids is 2. The highest BCUT2D eigenvalue weighted by molar-refractivity contribution is 5.70. The fourth-order valence-corrected chi connectivity index (χ4v) is 6.79. The molecule has 0 aromatic heterocycles. The highest BCUT2D eigenvalue weighted by Gasteiger charge is 2.43. The third-order valence-corrected chi connectivity index (χ3v) is 10.2. The van der Waals surface area contributed by atoms with E-state index in [0.29, 0.717) is 12.8 Å². The highest BCUT2D eigenvalue weighted by atomic mass is 16.7. The molecule has 6 unspecified atom stereocenters. The quantitative estimate of drug-likeness (QED) is 0.0431. The van der Waals surface area contributed by atoms with Crippen molar-refractivity contribution in [3.8, 4) is 0 Å². The molecular weight excluding hydrogens is 648 g/mol. The van der Waals surface area contributed by atoms with Crippen molar-refractivity contribution >= 4 is 11.9 Å². The Kier molecular flexibility index (Phi) is 31.2. The monoisotopic (exact) mass is 729 g/mol. The maximum Gasteiger partial charge on any atom is 0.306 e. The van der Waals surface area contributed by atoms with E-state index in [-0.39, 0.29) is 31.6 Å². The van der Waals surface area contributed by atoms with E-state index in [1.165, 1.54) is 128 Å². The first-order valence-electron chi connectivity index (χ1n) is 21.5. The summed E-state index contributed by atoms with van der Waals surface area (Å²) in [7, 11) is 0. The fraction of sp³-hybridized carbons (Fsp3) is 0.952. The second-order valence-electron chi connectivity index (χ2n) is 15.0. The minimum absolute atomic E-state index is 0.160. The summed E-state index contributed by atoms with van der Waals surface area (Å²) in [6.45, 7) is 5.96. The van der Waals surface area contributed by atoms with Crippen molar-refractivity contribution in [2.75, 3.05) is 13.2 Å². The van der Waals surface area contributed by atoms with Crippen molar-refractivity contribution in [3.05, 3.63) is 0 Å². The van der Waals surface area contributed by atoms with E-state index in [0.717, 1.165) is 38.5 Å². The van der Waals surface area contributed by atoms with Gasteiger partial charge in [-0.1, -0.05) is 175 Å². The van der Waals surface area contributed by atoms with Crippen LogP contribution in [0.25, 0.3) is 0 Å². The Labute approximate surface area is 312 Å². The summed E-state index contributed by atoms with van der Waals surface area (Å²) < 4.78 is 22.6. The van der Waals surface area contributed by atoms with Gasteiger partial charge in [0.2, 0.25) is 0 Å². The van der Waals surface area contributed by atoms with Crippen molar-refractivity contribution < 1.29 is 43.9 Å². The Hall–Kier alpha value is -1.26. The first-order valence-corrected chi connectivity index (χ1v) is 21.5. The third-order valence-electron chi connectivity index (χ3n) is 10.2. The zero-order chi connectivity index (χ0) is 37.4. The van der Waals surface area contributed by atoms with Crippen LogP contribution in [0, 0.1) is 0 Å². The van der Waals surface area contributed by atoms with Crippen LogP contribution in [0.5, 0.6) is 0 Å². The van der Waals surface area contributed by atoms with Gasteiger partial charge >= 0.3 is 11.9 Å². The molecule has 1 rings (SSSR count). The van der Waals surface area contributed by atoms with Crippen molar-refractivity contribution in [1.29, 1.82) is 0 Å². The Morgan fingerprint density at radius 1 is 0.510 bits per heavy atom. The second-order valence-corrected chi connectivity index (χ2v) is 15.0. The predicted molar refractivity (Wildman–Crippen MR) is 204 cm³/mol. The molecule has 51 heavy (non-hydrogen) atoms. The lowest BCUT2D eigenvalue weighted by atomic mass is 9.97. The SMILES string of the molecule is CCCCCCCCCCCCCCCC(=O)OCC(COC1OC(CC)C(O)C(O)C1O)OC(=O)CCCCCCCCCCCCCCC. The van der Waals surface area contributed by atoms with Gasteiger partial charge in [0.25, 0.3) is 0 Å². The molecule has 1 aliphatic heterocycles. The summed E-state index contributed by atoms with van der Waals surface area (Å²) >= 11 is 0. The molecule has 1 heterocycles. The largest absolute Gasteiger partial charge is 0.462 e. The maximum absolute atomic E-state index is 12.7. The number of unbranched alkanes of at least 4 members (excludes halogenated alkanes) is 24. The second kappa shape index (κ2) is 33.3. The first-order chi connectivity index (χ1) is 24.8. The number of hydrogen-bond acceptors (Lipinski definition) is 9. The van der Waals surface area contributed by atoms with Crippen molar-refractivity contribution in [2.45, 2.75) is 244 Å². The normalized spacial score (nSPS) is 21.1. The van der Waals surface area contributed by atoms with E-state index < -0.39 is 36.8 Å². The molecule has 0 aromatic carbocycles. The smallest absolute Gasteiger partial charge is 0.306 e. The lowest BCUT2D eigenvalue weighted by Gasteiger charge is -2.40. The van der Waals surface area contributed by atoms with Crippen molar-refractivity contribution in [3.63, 3.8) is 0 Å². The predicted octanol–water partition coefficient (Wildman–Crippen LogP) is 9.64. The summed E-state index contributed by atoms with van der Waals surface area (Å²) in [4.78, 5) is 25.3. The van der Waals surface area contributed by atoms with Gasteiger partial charge in [0.05, 0.1) is 12.7 Å². The zero-order valence-corrected chi connectivity index (χ0v) is 33.2. The van der Waals surface area contributed by atoms with Crippen LogP contribution < -0.4 is 0 Å². The first kappa shape index (κ1) is 47.8. The van der Waals surface area contributed by atoms with E-state index in [2.05, 4.69) is 13.8 Å². The van der Waals surface area contributed by atoms with Gasteiger partial charge in [-0.05, 0) is 19.3 Å². The number of aliphatic hydroxyl groups excluding tert-OH is 3. The lowest BCUT2D eigenvalue weighted by molar-refractivity contribution is -0.301. The Morgan fingerprint density at radius 2 is 0.902 bits per heavy atom. The van der Waals surface area contributed by atoms with Crippen LogP contribution in [0.4, 0.5) is 0 Å². The molecule has 0 saturated carbocycles. The number of esters is 2. The Bertz CT molecular complexity index is 807. The average molecular weight is 729 g/mol. The number of carbonyl (C=O) groups is 2. The number of aliphatic hydroxyl groups is 3.